The van der Waals surface area contributed by atoms with Gasteiger partial charge in [0.05, 0.1) is 12.3 Å². The van der Waals surface area contributed by atoms with E-state index in [-0.39, 0.29) is 12.0 Å². The predicted molar refractivity (Wildman–Crippen MR) is 210 cm³/mol. The molecule has 2 aliphatic rings. The molecular weight excluding hydrogens is 659 g/mol. The lowest BCUT2D eigenvalue weighted by atomic mass is 9.73. The van der Waals surface area contributed by atoms with Crippen molar-refractivity contribution in [3.63, 3.8) is 0 Å². The smallest absolute Gasteiger partial charge is 0.356 e. The number of esters is 1. The Morgan fingerprint density at radius 1 is 0.849 bits per heavy atom. The van der Waals surface area contributed by atoms with Gasteiger partial charge in [-0.1, -0.05) is 98.8 Å². The summed E-state index contributed by atoms with van der Waals surface area (Å²) in [6.45, 7) is 10.5. The van der Waals surface area contributed by atoms with Crippen LogP contribution >= 0.6 is 0 Å². The van der Waals surface area contributed by atoms with Crippen molar-refractivity contribution in [2.75, 3.05) is 50.1 Å². The van der Waals surface area contributed by atoms with Crippen LogP contribution in [0.3, 0.4) is 0 Å². The molecule has 1 fully saturated rings. The number of anilines is 2. The number of aromatic nitrogens is 4. The van der Waals surface area contributed by atoms with Crippen LogP contribution in [0.25, 0.3) is 22.8 Å². The molecule has 0 saturated carbocycles. The van der Waals surface area contributed by atoms with Crippen molar-refractivity contribution < 1.29 is 9.53 Å². The lowest BCUT2D eigenvalue weighted by Gasteiger charge is -2.39. The Bertz CT molecular complexity index is 2180. The van der Waals surface area contributed by atoms with E-state index in [1.807, 2.05) is 19.2 Å². The summed E-state index contributed by atoms with van der Waals surface area (Å²) in [5, 5.41) is 11.7. The van der Waals surface area contributed by atoms with Crippen molar-refractivity contribution in [1.82, 2.24) is 25.1 Å². The minimum atomic E-state index is -0.829. The van der Waals surface area contributed by atoms with Crippen molar-refractivity contribution >= 4 is 17.3 Å². The van der Waals surface area contributed by atoms with Gasteiger partial charge in [-0.2, -0.15) is 5.10 Å². The molecule has 1 saturated heterocycles. The highest BCUT2D eigenvalue weighted by atomic mass is 16.5. The molecule has 3 heterocycles. The summed E-state index contributed by atoms with van der Waals surface area (Å²) in [5.41, 5.74) is 8.65. The number of carbonyl (C=O) groups excluding carboxylic acids is 1. The van der Waals surface area contributed by atoms with Crippen molar-refractivity contribution in [1.29, 1.82) is 0 Å². The first-order chi connectivity index (χ1) is 25.8. The van der Waals surface area contributed by atoms with Gasteiger partial charge in [0.15, 0.2) is 5.82 Å². The summed E-state index contributed by atoms with van der Waals surface area (Å²) < 4.78 is 5.40. The fourth-order valence-electron chi connectivity index (χ4n) is 8.07. The number of benzene rings is 4. The summed E-state index contributed by atoms with van der Waals surface area (Å²) in [4.78, 5) is 28.1. The van der Waals surface area contributed by atoms with Crippen molar-refractivity contribution in [3.05, 3.63) is 149 Å². The molecule has 0 bridgehead atoms. The van der Waals surface area contributed by atoms with E-state index in [2.05, 4.69) is 149 Å². The van der Waals surface area contributed by atoms with Crippen molar-refractivity contribution in [3.8, 4) is 22.8 Å². The highest BCUT2D eigenvalue weighted by molar-refractivity contribution is 5.92. The van der Waals surface area contributed by atoms with Crippen LogP contribution in [-0.2, 0) is 22.1 Å². The number of hydrogen-bond acceptors (Lipinski definition) is 8. The Hall–Kier alpha value is -5.80. The molecule has 0 atom stereocenters. The van der Waals surface area contributed by atoms with Crippen LogP contribution in [0, 0.1) is 0 Å². The van der Waals surface area contributed by atoms with Gasteiger partial charge < -0.3 is 19.9 Å². The molecule has 53 heavy (non-hydrogen) atoms. The molecule has 0 radical (unpaired) electrons. The third-order valence-electron chi connectivity index (χ3n) is 10.7. The van der Waals surface area contributed by atoms with Gasteiger partial charge in [-0.3, -0.25) is 5.10 Å². The molecular formula is C44H45N7O2. The van der Waals surface area contributed by atoms with Gasteiger partial charge in [0.2, 0.25) is 0 Å². The van der Waals surface area contributed by atoms with Crippen LogP contribution < -0.4 is 10.2 Å². The van der Waals surface area contributed by atoms with E-state index >= 15 is 0 Å². The third kappa shape index (κ3) is 6.25. The van der Waals surface area contributed by atoms with Crippen LogP contribution in [0.5, 0.6) is 0 Å². The Kier molecular flexibility index (Phi) is 9.04. The maximum Gasteiger partial charge on any atom is 0.356 e. The normalized spacial score (nSPS) is 15.4. The van der Waals surface area contributed by atoms with Gasteiger partial charge in [0.25, 0.3) is 0 Å². The third-order valence-corrected chi connectivity index (χ3v) is 10.7. The van der Waals surface area contributed by atoms with E-state index in [9.17, 15) is 4.79 Å². The number of rotatable bonds is 9. The van der Waals surface area contributed by atoms with E-state index in [0.717, 1.165) is 70.9 Å². The van der Waals surface area contributed by atoms with Gasteiger partial charge in [0.1, 0.15) is 16.9 Å². The average molecular weight is 704 g/mol. The molecule has 2 aromatic heterocycles. The molecule has 4 aromatic carbocycles. The Balaban J connectivity index is 1.28. The van der Waals surface area contributed by atoms with E-state index < -0.39 is 11.5 Å². The van der Waals surface area contributed by atoms with Gasteiger partial charge in [-0.15, -0.1) is 0 Å². The summed E-state index contributed by atoms with van der Waals surface area (Å²) >= 11 is 0. The van der Waals surface area contributed by atoms with E-state index in [4.69, 9.17) is 14.7 Å². The first kappa shape index (κ1) is 34.3. The maximum atomic E-state index is 13.0. The number of hydrogen-bond donors (Lipinski definition) is 2. The molecule has 9 heteroatoms. The Morgan fingerprint density at radius 3 is 2.15 bits per heavy atom. The molecule has 2 N–H and O–H groups in total. The predicted octanol–water partition coefficient (Wildman–Crippen LogP) is 7.70. The number of carbonyl (C=O) groups is 1. The molecule has 0 amide bonds. The van der Waals surface area contributed by atoms with Gasteiger partial charge >= 0.3 is 5.97 Å². The highest BCUT2D eigenvalue weighted by Gasteiger charge is 2.41. The number of likely N-dealkylation sites (N-methyl/N-ethyl adjacent to an activating group) is 1. The minimum absolute atomic E-state index is 0.283. The summed E-state index contributed by atoms with van der Waals surface area (Å²) in [6, 6.07) is 38.4. The average Bonchev–Trinajstić information content (AvgIpc) is 3.66. The quantitative estimate of drug-likeness (QED) is 0.117. The van der Waals surface area contributed by atoms with Crippen LogP contribution in [0.4, 0.5) is 11.4 Å². The zero-order valence-corrected chi connectivity index (χ0v) is 30.8. The number of fused-ring (bicyclic) bond motifs is 3. The Morgan fingerprint density at radius 2 is 1.49 bits per heavy atom. The fraction of sp³-hybridized carbons (Fsp3) is 0.273. The standard InChI is InChI=1S/C44H45N7O2/c1-5-53-42(52)40-37-39(48-49-40)38-30(28-43(37,2)3)29-45-41(46-38)35-18-12-13-19-36(35)44(31-14-8-6-9-15-31,32-16-10-7-11-17-32)47-33-20-22-34(23-21-33)51-26-24-50(4)25-27-51/h6-23,29,47H,5,24-28H2,1-4H3,(H,48,49). The molecule has 6 aromatic rings. The number of aromatic amines is 1. The number of nitrogens with zero attached hydrogens (tertiary/aromatic N) is 5. The second-order valence-electron chi connectivity index (χ2n) is 14.7. The maximum absolute atomic E-state index is 13.0. The van der Waals surface area contributed by atoms with E-state index in [1.54, 1.807) is 0 Å². The van der Waals surface area contributed by atoms with Crippen LogP contribution in [0.1, 0.15) is 59.1 Å². The van der Waals surface area contributed by atoms with Gasteiger partial charge in [0, 0.05) is 54.9 Å². The molecule has 0 spiro atoms. The molecule has 1 aliphatic heterocycles. The molecule has 9 nitrogen and oxygen atoms in total. The topological polar surface area (TPSA) is 99.3 Å². The van der Waals surface area contributed by atoms with E-state index in [0.29, 0.717) is 23.6 Å². The molecule has 8 rings (SSSR count). The SMILES string of the molecule is CCOC(=O)c1[nH]nc2c1C(C)(C)Cc1cnc(-c3ccccc3C(Nc3ccc(N4CCN(C)CC4)cc3)(c3ccccc3)c3ccccc3)nc1-2. The lowest BCUT2D eigenvalue weighted by Crippen LogP contribution is -2.44. The van der Waals surface area contributed by atoms with Crippen LogP contribution in [-0.4, -0.2) is 70.9 Å². The van der Waals surface area contributed by atoms with Crippen LogP contribution in [0.15, 0.2) is 115 Å². The van der Waals surface area contributed by atoms with Crippen LogP contribution in [0.2, 0.25) is 0 Å². The van der Waals surface area contributed by atoms with Crippen molar-refractivity contribution in [2.24, 2.45) is 0 Å². The number of nitrogens with one attached hydrogen (secondary N) is 2. The molecule has 0 unspecified atom stereocenters. The van der Waals surface area contributed by atoms with E-state index in [1.165, 1.54) is 5.69 Å². The highest BCUT2D eigenvalue weighted by Crippen LogP contribution is 2.46. The zero-order chi connectivity index (χ0) is 36.6. The zero-order valence-electron chi connectivity index (χ0n) is 30.8. The first-order valence-corrected chi connectivity index (χ1v) is 18.4. The monoisotopic (exact) mass is 703 g/mol. The minimum Gasteiger partial charge on any atom is -0.461 e. The molecule has 1 aliphatic carbocycles. The summed E-state index contributed by atoms with van der Waals surface area (Å²) in [5.74, 6) is 0.171. The number of piperazine rings is 1. The first-order valence-electron chi connectivity index (χ1n) is 18.4. The van der Waals surface area contributed by atoms with Gasteiger partial charge in [-0.05, 0) is 72.3 Å². The molecule has 268 valence electrons. The second kappa shape index (κ2) is 14.0. The number of H-pyrrole nitrogens is 1. The summed E-state index contributed by atoms with van der Waals surface area (Å²) in [7, 11) is 2.18. The summed E-state index contributed by atoms with van der Waals surface area (Å²) in [6.07, 6.45) is 2.59. The Labute approximate surface area is 311 Å². The fourth-order valence-corrected chi connectivity index (χ4v) is 8.07. The second-order valence-corrected chi connectivity index (χ2v) is 14.7. The largest absolute Gasteiger partial charge is 0.461 e. The van der Waals surface area contributed by atoms with Gasteiger partial charge in [-0.25, -0.2) is 14.8 Å². The lowest BCUT2D eigenvalue weighted by molar-refractivity contribution is 0.0516. The van der Waals surface area contributed by atoms with Crippen molar-refractivity contribution in [2.45, 2.75) is 38.1 Å². The number of ether oxygens (including phenoxy) is 1.